The van der Waals surface area contributed by atoms with Crippen LogP contribution < -0.4 is 0 Å². The third-order valence-corrected chi connectivity index (χ3v) is 2.77. The lowest BCUT2D eigenvalue weighted by Gasteiger charge is -2.32. The molecule has 84 valence electrons. The topological polar surface area (TPSA) is 53.0 Å². The summed E-state index contributed by atoms with van der Waals surface area (Å²) in [4.78, 5) is 4.65. The van der Waals surface area contributed by atoms with E-state index in [-0.39, 0.29) is 0 Å². The molecule has 1 rings (SSSR count). The Morgan fingerprint density at radius 3 is 2.57 bits per heavy atom. The van der Waals surface area contributed by atoms with Gasteiger partial charge in [0.25, 0.3) is 0 Å². The molecule has 0 saturated carbocycles. The number of nitrogens with zero attached hydrogens (tertiary/aromatic N) is 2. The average molecular weight is 222 g/mol. The molecule has 1 fully saturated rings. The van der Waals surface area contributed by atoms with Gasteiger partial charge in [-0.05, 0) is 13.5 Å². The van der Waals surface area contributed by atoms with Crippen LogP contribution in [0.5, 0.6) is 0 Å². The Balaban J connectivity index is 1.99. The Morgan fingerprint density at radius 1 is 1.36 bits per heavy atom. The Labute approximate surface area is 87.5 Å². The van der Waals surface area contributed by atoms with E-state index in [0.29, 0.717) is 6.61 Å². The van der Waals surface area contributed by atoms with Gasteiger partial charge in [0, 0.05) is 32.7 Å². The largest absolute Gasteiger partial charge is 0.304 e. The molecular formula is C8H18N2O3S. The van der Waals surface area contributed by atoms with Crippen molar-refractivity contribution in [2.24, 2.45) is 0 Å². The molecule has 1 aliphatic rings. The minimum absolute atomic E-state index is 0.357. The zero-order valence-corrected chi connectivity index (χ0v) is 9.33. The summed E-state index contributed by atoms with van der Waals surface area (Å²) in [5.41, 5.74) is 0. The smallest absolute Gasteiger partial charge is 0.301 e. The quantitative estimate of drug-likeness (QED) is 0.515. The minimum Gasteiger partial charge on any atom is -0.304 e. The number of likely N-dealkylation sites (N-methyl/N-ethyl adjacent to an activating group) is 1. The Morgan fingerprint density at radius 2 is 2.00 bits per heavy atom. The molecule has 1 heterocycles. The van der Waals surface area contributed by atoms with Gasteiger partial charge in [0.2, 0.25) is 0 Å². The molecule has 0 aromatic heterocycles. The van der Waals surface area contributed by atoms with Gasteiger partial charge in [-0.2, -0.15) is 4.21 Å². The summed E-state index contributed by atoms with van der Waals surface area (Å²) in [6, 6.07) is 0. The second kappa shape index (κ2) is 6.47. The standard InChI is InChI=1S/C8H18N2O3S/c1-9-4-6-10(7-5-9)3-2-8-13-14(11)12/h2-8H2,1H3,(H,11,12). The van der Waals surface area contributed by atoms with Crippen LogP contribution in [0.1, 0.15) is 6.42 Å². The van der Waals surface area contributed by atoms with Gasteiger partial charge in [-0.25, -0.2) is 0 Å². The molecule has 1 saturated heterocycles. The first-order chi connectivity index (χ1) is 6.68. The van der Waals surface area contributed by atoms with Crippen LogP contribution in [0.15, 0.2) is 0 Å². The third-order valence-electron chi connectivity index (χ3n) is 2.40. The molecule has 0 bridgehead atoms. The monoisotopic (exact) mass is 222 g/mol. The van der Waals surface area contributed by atoms with Crippen LogP contribution in [-0.2, 0) is 15.5 Å². The molecule has 1 aliphatic heterocycles. The first kappa shape index (κ1) is 12.1. The molecule has 1 N–H and O–H groups in total. The molecule has 0 aromatic carbocycles. The fourth-order valence-electron chi connectivity index (χ4n) is 1.49. The van der Waals surface area contributed by atoms with Crippen molar-refractivity contribution in [2.75, 3.05) is 46.4 Å². The van der Waals surface area contributed by atoms with Crippen molar-refractivity contribution >= 4 is 11.4 Å². The first-order valence-corrected chi connectivity index (χ1v) is 5.86. The van der Waals surface area contributed by atoms with Gasteiger partial charge in [-0.1, -0.05) is 0 Å². The van der Waals surface area contributed by atoms with Gasteiger partial charge in [-0.3, -0.25) is 8.74 Å². The average Bonchev–Trinajstić information content (AvgIpc) is 2.15. The molecular weight excluding hydrogens is 204 g/mol. The fraction of sp³-hybridized carbons (Fsp3) is 1.00. The summed E-state index contributed by atoms with van der Waals surface area (Å²) in [5.74, 6) is 0. The molecule has 0 radical (unpaired) electrons. The first-order valence-electron chi connectivity index (χ1n) is 4.83. The van der Waals surface area contributed by atoms with Crippen LogP contribution in [0.2, 0.25) is 0 Å². The summed E-state index contributed by atoms with van der Waals surface area (Å²) >= 11 is -2.10. The Kier molecular flexibility index (Phi) is 5.57. The Hall–Kier alpha value is -0.0100. The second-order valence-electron chi connectivity index (χ2n) is 3.54. The summed E-state index contributed by atoms with van der Waals surface area (Å²) < 4.78 is 23.1. The number of hydrogen-bond acceptors (Lipinski definition) is 4. The van der Waals surface area contributed by atoms with Crippen molar-refractivity contribution in [1.29, 1.82) is 0 Å². The van der Waals surface area contributed by atoms with Crippen LogP contribution in [-0.4, -0.2) is 64.9 Å². The van der Waals surface area contributed by atoms with Gasteiger partial charge in [0.1, 0.15) is 0 Å². The van der Waals surface area contributed by atoms with E-state index >= 15 is 0 Å². The van der Waals surface area contributed by atoms with E-state index in [0.717, 1.165) is 39.1 Å². The zero-order chi connectivity index (χ0) is 10.4. The van der Waals surface area contributed by atoms with E-state index < -0.39 is 11.4 Å². The van der Waals surface area contributed by atoms with Gasteiger partial charge in [0.05, 0.1) is 6.61 Å². The van der Waals surface area contributed by atoms with Gasteiger partial charge in [0.15, 0.2) is 0 Å². The number of hydrogen-bond donors (Lipinski definition) is 1. The molecule has 1 atom stereocenters. The summed E-state index contributed by atoms with van der Waals surface area (Å²) in [7, 11) is 2.12. The lowest BCUT2D eigenvalue weighted by atomic mass is 10.3. The SMILES string of the molecule is CN1CCN(CCCOS(=O)O)CC1. The lowest BCUT2D eigenvalue weighted by Crippen LogP contribution is -2.44. The molecule has 14 heavy (non-hydrogen) atoms. The van der Waals surface area contributed by atoms with Crippen molar-refractivity contribution in [3.05, 3.63) is 0 Å². The van der Waals surface area contributed by atoms with E-state index in [2.05, 4.69) is 21.0 Å². The molecule has 0 aromatic rings. The van der Waals surface area contributed by atoms with Crippen molar-refractivity contribution in [3.8, 4) is 0 Å². The predicted molar refractivity (Wildman–Crippen MR) is 55.3 cm³/mol. The number of piperazine rings is 1. The Bertz CT molecular complexity index is 183. The summed E-state index contributed by atoms with van der Waals surface area (Å²) in [6.07, 6.45) is 0.815. The van der Waals surface area contributed by atoms with E-state index in [1.54, 1.807) is 0 Å². The maximum absolute atomic E-state index is 10.2. The summed E-state index contributed by atoms with van der Waals surface area (Å²) in [6.45, 7) is 5.68. The van der Waals surface area contributed by atoms with E-state index in [1.165, 1.54) is 0 Å². The highest BCUT2D eigenvalue weighted by Gasteiger charge is 2.12. The van der Waals surface area contributed by atoms with Crippen LogP contribution >= 0.6 is 0 Å². The third kappa shape index (κ3) is 5.02. The molecule has 0 aliphatic carbocycles. The normalized spacial score (nSPS) is 22.4. The second-order valence-corrected chi connectivity index (χ2v) is 4.21. The van der Waals surface area contributed by atoms with Gasteiger partial charge in [-0.15, -0.1) is 0 Å². The molecule has 1 unspecified atom stereocenters. The maximum Gasteiger partial charge on any atom is 0.301 e. The minimum atomic E-state index is -2.10. The zero-order valence-electron chi connectivity index (χ0n) is 8.52. The predicted octanol–water partition coefficient (Wildman–Crippen LogP) is -0.223. The van der Waals surface area contributed by atoms with Gasteiger partial charge >= 0.3 is 11.4 Å². The lowest BCUT2D eigenvalue weighted by molar-refractivity contribution is 0.146. The van der Waals surface area contributed by atoms with Crippen LogP contribution in [0.3, 0.4) is 0 Å². The summed E-state index contributed by atoms with van der Waals surface area (Å²) in [5, 5.41) is 0. The van der Waals surface area contributed by atoms with Crippen LogP contribution in [0.25, 0.3) is 0 Å². The van der Waals surface area contributed by atoms with Crippen LogP contribution in [0.4, 0.5) is 0 Å². The molecule has 6 heteroatoms. The maximum atomic E-state index is 10.2. The van der Waals surface area contributed by atoms with Crippen molar-refractivity contribution in [2.45, 2.75) is 6.42 Å². The van der Waals surface area contributed by atoms with E-state index in [9.17, 15) is 4.21 Å². The highest BCUT2D eigenvalue weighted by Crippen LogP contribution is 2.00. The van der Waals surface area contributed by atoms with Gasteiger partial charge < -0.3 is 9.80 Å². The number of rotatable bonds is 5. The molecule has 5 nitrogen and oxygen atoms in total. The van der Waals surface area contributed by atoms with E-state index in [4.69, 9.17) is 4.55 Å². The highest BCUT2D eigenvalue weighted by molar-refractivity contribution is 7.74. The fourth-order valence-corrected chi connectivity index (χ4v) is 1.75. The molecule has 0 amide bonds. The van der Waals surface area contributed by atoms with Crippen molar-refractivity contribution < 1.29 is 12.9 Å². The van der Waals surface area contributed by atoms with Crippen molar-refractivity contribution in [3.63, 3.8) is 0 Å². The highest BCUT2D eigenvalue weighted by atomic mass is 32.2. The van der Waals surface area contributed by atoms with Crippen LogP contribution in [0, 0.1) is 0 Å². The van der Waals surface area contributed by atoms with E-state index in [1.807, 2.05) is 0 Å². The molecule has 0 spiro atoms. The van der Waals surface area contributed by atoms with Crippen molar-refractivity contribution in [1.82, 2.24) is 9.80 Å².